The zero-order chi connectivity index (χ0) is 12.9. The molecule has 0 spiro atoms. The lowest BCUT2D eigenvalue weighted by atomic mass is 9.95. The molecule has 2 aromatic rings. The third-order valence-electron chi connectivity index (χ3n) is 3.96. The van der Waals surface area contributed by atoms with E-state index in [4.69, 9.17) is 0 Å². The minimum Gasteiger partial charge on any atom is -0.479 e. The second-order valence-electron chi connectivity index (χ2n) is 5.12. The lowest BCUT2D eigenvalue weighted by Gasteiger charge is -2.28. The number of hydrogen-bond acceptors (Lipinski definition) is 1. The average molecular weight is 247 g/mol. The van der Waals surface area contributed by atoms with Crippen LogP contribution >= 0.6 is 0 Å². The van der Waals surface area contributed by atoms with Crippen molar-refractivity contribution in [2.45, 2.75) is 25.3 Å². The van der Waals surface area contributed by atoms with E-state index >= 15 is 0 Å². The summed E-state index contributed by atoms with van der Waals surface area (Å²) in [7, 11) is 0. The van der Waals surface area contributed by atoms with E-state index in [1.54, 1.807) is 23.8 Å². The van der Waals surface area contributed by atoms with Gasteiger partial charge in [0.1, 0.15) is 11.4 Å². The normalized spacial score (nSPS) is 18.8. The molecule has 0 radical (unpaired) electrons. The van der Waals surface area contributed by atoms with Crippen molar-refractivity contribution in [1.29, 1.82) is 0 Å². The predicted molar refractivity (Wildman–Crippen MR) is 65.9 cm³/mol. The Bertz CT molecular complexity index is 630. The standard InChI is InChI=1S/C14H14FNO2/c1-14(13(17)18,10-3-4-10)16-7-6-9-2-5-11(15)8-12(9)16/h2,5-8,10H,3-4H2,1H3,(H,17,18). The highest BCUT2D eigenvalue weighted by Crippen LogP contribution is 2.45. The maximum Gasteiger partial charge on any atom is 0.329 e. The van der Waals surface area contributed by atoms with Crippen molar-refractivity contribution in [3.05, 3.63) is 36.3 Å². The van der Waals surface area contributed by atoms with Crippen LogP contribution in [-0.4, -0.2) is 15.6 Å². The highest BCUT2D eigenvalue weighted by Gasteiger charge is 2.49. The van der Waals surface area contributed by atoms with Crippen LogP contribution in [-0.2, 0) is 10.3 Å². The third-order valence-corrected chi connectivity index (χ3v) is 3.96. The fourth-order valence-electron chi connectivity index (χ4n) is 2.63. The van der Waals surface area contributed by atoms with Crippen LogP contribution in [0.1, 0.15) is 19.8 Å². The lowest BCUT2D eigenvalue weighted by molar-refractivity contribution is -0.147. The molecule has 0 bridgehead atoms. The first-order chi connectivity index (χ1) is 8.53. The largest absolute Gasteiger partial charge is 0.479 e. The molecule has 1 unspecified atom stereocenters. The van der Waals surface area contributed by atoms with Crippen LogP contribution < -0.4 is 0 Å². The minimum absolute atomic E-state index is 0.133. The number of carbonyl (C=O) groups is 1. The molecule has 0 amide bonds. The molecule has 1 aliphatic rings. The van der Waals surface area contributed by atoms with Crippen LogP contribution in [0, 0.1) is 11.7 Å². The molecular formula is C14H14FNO2. The first-order valence-corrected chi connectivity index (χ1v) is 6.04. The van der Waals surface area contributed by atoms with Crippen molar-refractivity contribution in [1.82, 2.24) is 4.57 Å². The molecule has 3 nitrogen and oxygen atoms in total. The first kappa shape index (κ1) is 11.3. The van der Waals surface area contributed by atoms with Crippen molar-refractivity contribution < 1.29 is 14.3 Å². The van der Waals surface area contributed by atoms with Gasteiger partial charge in [0.05, 0.1) is 5.52 Å². The summed E-state index contributed by atoms with van der Waals surface area (Å²) < 4.78 is 15.0. The van der Waals surface area contributed by atoms with Crippen molar-refractivity contribution in [3.63, 3.8) is 0 Å². The number of carboxylic acid groups (broad SMARTS) is 1. The van der Waals surface area contributed by atoms with E-state index in [0.717, 1.165) is 18.2 Å². The highest BCUT2D eigenvalue weighted by molar-refractivity contribution is 5.85. The number of fused-ring (bicyclic) bond motifs is 1. The van der Waals surface area contributed by atoms with Crippen LogP contribution in [0.2, 0.25) is 0 Å². The van der Waals surface area contributed by atoms with Crippen molar-refractivity contribution in [3.8, 4) is 0 Å². The fourth-order valence-corrected chi connectivity index (χ4v) is 2.63. The second kappa shape index (κ2) is 3.57. The SMILES string of the molecule is CC(C(=O)O)(C1CC1)n1ccc2ccc(F)cc21. The maximum atomic E-state index is 13.3. The van der Waals surface area contributed by atoms with Gasteiger partial charge in [0.25, 0.3) is 0 Å². The summed E-state index contributed by atoms with van der Waals surface area (Å²) in [5.41, 5.74) is -0.331. The Morgan fingerprint density at radius 3 is 2.78 bits per heavy atom. The van der Waals surface area contributed by atoms with E-state index in [1.807, 2.05) is 6.07 Å². The Balaban J connectivity index is 2.23. The number of carboxylic acids is 1. The van der Waals surface area contributed by atoms with Gasteiger partial charge in [-0.3, -0.25) is 0 Å². The van der Waals surface area contributed by atoms with Gasteiger partial charge in [-0.15, -0.1) is 0 Å². The van der Waals surface area contributed by atoms with Gasteiger partial charge in [-0.2, -0.15) is 0 Å². The lowest BCUT2D eigenvalue weighted by Crippen LogP contribution is -2.40. The Kier molecular flexibility index (Phi) is 2.24. The molecule has 4 heteroatoms. The van der Waals surface area contributed by atoms with E-state index in [2.05, 4.69) is 0 Å². The van der Waals surface area contributed by atoms with E-state index in [1.165, 1.54) is 12.1 Å². The molecule has 1 fully saturated rings. The Labute approximate surface area is 104 Å². The number of hydrogen-bond donors (Lipinski definition) is 1. The van der Waals surface area contributed by atoms with E-state index in [9.17, 15) is 14.3 Å². The summed E-state index contributed by atoms with van der Waals surface area (Å²) in [4.78, 5) is 11.6. The van der Waals surface area contributed by atoms with Crippen LogP contribution in [0.4, 0.5) is 4.39 Å². The van der Waals surface area contributed by atoms with Gasteiger partial charge in [-0.05, 0) is 55.3 Å². The molecule has 1 saturated carbocycles. The summed E-state index contributed by atoms with van der Waals surface area (Å²) in [5.74, 6) is -1.06. The molecule has 1 aromatic heterocycles. The smallest absolute Gasteiger partial charge is 0.329 e. The molecular weight excluding hydrogens is 233 g/mol. The monoisotopic (exact) mass is 247 g/mol. The number of aromatic nitrogens is 1. The Hall–Kier alpha value is -1.84. The van der Waals surface area contributed by atoms with E-state index in [0.29, 0.717) is 5.52 Å². The van der Waals surface area contributed by atoms with E-state index < -0.39 is 11.5 Å². The molecule has 1 aliphatic carbocycles. The van der Waals surface area contributed by atoms with E-state index in [-0.39, 0.29) is 11.7 Å². The van der Waals surface area contributed by atoms with Crippen LogP contribution in [0.5, 0.6) is 0 Å². The van der Waals surface area contributed by atoms with Crippen molar-refractivity contribution >= 4 is 16.9 Å². The molecule has 1 atom stereocenters. The van der Waals surface area contributed by atoms with Crippen LogP contribution in [0.25, 0.3) is 10.9 Å². The van der Waals surface area contributed by atoms with Gasteiger partial charge >= 0.3 is 5.97 Å². The number of rotatable bonds is 3. The van der Waals surface area contributed by atoms with Gasteiger partial charge in [0, 0.05) is 6.20 Å². The molecule has 1 aromatic carbocycles. The average Bonchev–Trinajstić information content (AvgIpc) is 3.09. The molecule has 94 valence electrons. The summed E-state index contributed by atoms with van der Waals surface area (Å²) >= 11 is 0. The van der Waals surface area contributed by atoms with Gasteiger partial charge in [0.2, 0.25) is 0 Å². The highest BCUT2D eigenvalue weighted by atomic mass is 19.1. The van der Waals surface area contributed by atoms with Gasteiger partial charge < -0.3 is 9.67 Å². The van der Waals surface area contributed by atoms with Crippen LogP contribution in [0.3, 0.4) is 0 Å². The van der Waals surface area contributed by atoms with Gasteiger partial charge in [-0.25, -0.2) is 9.18 Å². The Morgan fingerprint density at radius 2 is 2.17 bits per heavy atom. The Morgan fingerprint density at radius 1 is 1.44 bits per heavy atom. The third kappa shape index (κ3) is 1.45. The van der Waals surface area contributed by atoms with Crippen molar-refractivity contribution in [2.24, 2.45) is 5.92 Å². The molecule has 0 aliphatic heterocycles. The summed E-state index contributed by atoms with van der Waals surface area (Å²) in [6.45, 7) is 1.72. The molecule has 1 N–H and O–H groups in total. The second-order valence-corrected chi connectivity index (χ2v) is 5.12. The molecule has 0 saturated heterocycles. The summed E-state index contributed by atoms with van der Waals surface area (Å²) in [6, 6.07) is 6.30. The quantitative estimate of drug-likeness (QED) is 0.906. The number of benzene rings is 1. The fraction of sp³-hybridized carbons (Fsp3) is 0.357. The number of nitrogens with zero attached hydrogens (tertiary/aromatic N) is 1. The number of halogens is 1. The zero-order valence-electron chi connectivity index (χ0n) is 10.1. The summed E-state index contributed by atoms with van der Waals surface area (Å²) in [6.07, 6.45) is 3.58. The van der Waals surface area contributed by atoms with Gasteiger partial charge in [-0.1, -0.05) is 0 Å². The topological polar surface area (TPSA) is 42.2 Å². The molecule has 1 heterocycles. The summed E-state index contributed by atoms with van der Waals surface area (Å²) in [5, 5.41) is 10.4. The first-order valence-electron chi connectivity index (χ1n) is 6.04. The van der Waals surface area contributed by atoms with Crippen LogP contribution in [0.15, 0.2) is 30.5 Å². The minimum atomic E-state index is -0.977. The molecule has 18 heavy (non-hydrogen) atoms. The van der Waals surface area contributed by atoms with Gasteiger partial charge in [0.15, 0.2) is 0 Å². The number of aliphatic carboxylic acids is 1. The zero-order valence-corrected chi connectivity index (χ0v) is 10.1. The molecule has 3 rings (SSSR count). The predicted octanol–water partition coefficient (Wildman–Crippen LogP) is 2.99. The van der Waals surface area contributed by atoms with Crippen molar-refractivity contribution in [2.75, 3.05) is 0 Å². The maximum absolute atomic E-state index is 13.3.